The standard InChI is InChI=1S/C16H30N4/c1-5-10-17-11-15-13(3)18-19(4)16(15)20(6-2)12-14-8-7-9-14/h14,17H,5-12H2,1-4H3. The zero-order valence-corrected chi connectivity index (χ0v) is 13.6. The number of aromatic nitrogens is 2. The molecule has 1 aromatic rings. The Labute approximate surface area is 123 Å². The SMILES string of the molecule is CCCNCc1c(C)nn(C)c1N(CC)CC1CCC1. The van der Waals surface area contributed by atoms with Crippen LogP contribution in [0.25, 0.3) is 0 Å². The number of hydrogen-bond donors (Lipinski definition) is 1. The molecule has 0 saturated heterocycles. The van der Waals surface area contributed by atoms with Gasteiger partial charge in [0.25, 0.3) is 0 Å². The van der Waals surface area contributed by atoms with Gasteiger partial charge in [-0.2, -0.15) is 5.10 Å². The highest BCUT2D eigenvalue weighted by molar-refractivity contribution is 5.50. The van der Waals surface area contributed by atoms with Crippen LogP contribution in [-0.2, 0) is 13.6 Å². The third kappa shape index (κ3) is 3.35. The predicted octanol–water partition coefficient (Wildman–Crippen LogP) is 2.85. The molecule has 0 aromatic carbocycles. The fraction of sp³-hybridized carbons (Fsp3) is 0.812. The van der Waals surface area contributed by atoms with Gasteiger partial charge in [0.1, 0.15) is 5.82 Å². The lowest BCUT2D eigenvalue weighted by molar-refractivity contribution is 0.317. The Balaban J connectivity index is 2.13. The van der Waals surface area contributed by atoms with Gasteiger partial charge < -0.3 is 10.2 Å². The lowest BCUT2D eigenvalue weighted by Crippen LogP contribution is -2.34. The van der Waals surface area contributed by atoms with E-state index < -0.39 is 0 Å². The summed E-state index contributed by atoms with van der Waals surface area (Å²) in [7, 11) is 2.08. The first kappa shape index (κ1) is 15.4. The molecule has 0 spiro atoms. The van der Waals surface area contributed by atoms with Crippen molar-refractivity contribution in [2.45, 2.75) is 53.0 Å². The second-order valence-corrected chi connectivity index (χ2v) is 6.02. The first-order valence-electron chi connectivity index (χ1n) is 8.15. The van der Waals surface area contributed by atoms with Crippen LogP contribution in [0.3, 0.4) is 0 Å². The van der Waals surface area contributed by atoms with Crippen LogP contribution in [0.2, 0.25) is 0 Å². The predicted molar refractivity (Wildman–Crippen MR) is 85.2 cm³/mol. The van der Waals surface area contributed by atoms with E-state index in [9.17, 15) is 0 Å². The van der Waals surface area contributed by atoms with Crippen LogP contribution < -0.4 is 10.2 Å². The molecule has 1 fully saturated rings. The average Bonchev–Trinajstić information content (AvgIpc) is 2.64. The van der Waals surface area contributed by atoms with Crippen molar-refractivity contribution in [1.82, 2.24) is 15.1 Å². The maximum Gasteiger partial charge on any atom is 0.131 e. The Kier molecular flexibility index (Phi) is 5.46. The van der Waals surface area contributed by atoms with E-state index in [0.29, 0.717) is 0 Å². The summed E-state index contributed by atoms with van der Waals surface area (Å²) in [4.78, 5) is 2.52. The van der Waals surface area contributed by atoms with Gasteiger partial charge >= 0.3 is 0 Å². The van der Waals surface area contributed by atoms with Crippen molar-refractivity contribution in [1.29, 1.82) is 0 Å². The molecule has 0 aliphatic heterocycles. The highest BCUT2D eigenvalue weighted by atomic mass is 15.4. The summed E-state index contributed by atoms with van der Waals surface area (Å²) in [6.07, 6.45) is 5.39. The fourth-order valence-corrected chi connectivity index (χ4v) is 3.03. The lowest BCUT2D eigenvalue weighted by atomic mass is 9.85. The van der Waals surface area contributed by atoms with Gasteiger partial charge in [-0.15, -0.1) is 0 Å². The topological polar surface area (TPSA) is 33.1 Å². The quantitative estimate of drug-likeness (QED) is 0.742. The molecule has 114 valence electrons. The van der Waals surface area contributed by atoms with E-state index in [1.54, 1.807) is 0 Å². The van der Waals surface area contributed by atoms with E-state index in [1.807, 2.05) is 0 Å². The molecule has 0 amide bonds. The van der Waals surface area contributed by atoms with E-state index >= 15 is 0 Å². The Morgan fingerprint density at radius 2 is 2.10 bits per heavy atom. The number of hydrogen-bond acceptors (Lipinski definition) is 3. The van der Waals surface area contributed by atoms with Crippen LogP contribution in [0, 0.1) is 12.8 Å². The molecular formula is C16H30N4. The highest BCUT2D eigenvalue weighted by Crippen LogP contribution is 2.30. The van der Waals surface area contributed by atoms with Crippen LogP contribution in [0.4, 0.5) is 5.82 Å². The van der Waals surface area contributed by atoms with Crippen LogP contribution in [0.5, 0.6) is 0 Å². The molecule has 1 saturated carbocycles. The van der Waals surface area contributed by atoms with Crippen LogP contribution in [0.1, 0.15) is 50.8 Å². The Morgan fingerprint density at radius 1 is 1.35 bits per heavy atom. The molecule has 1 aliphatic carbocycles. The van der Waals surface area contributed by atoms with Gasteiger partial charge in [-0.05, 0) is 45.6 Å². The molecule has 2 rings (SSSR count). The van der Waals surface area contributed by atoms with Crippen molar-refractivity contribution in [3.63, 3.8) is 0 Å². The molecule has 1 aromatic heterocycles. The van der Waals surface area contributed by atoms with Gasteiger partial charge in [-0.25, -0.2) is 0 Å². The lowest BCUT2D eigenvalue weighted by Gasteiger charge is -2.33. The van der Waals surface area contributed by atoms with E-state index in [0.717, 1.165) is 31.2 Å². The molecule has 4 nitrogen and oxygen atoms in total. The molecule has 0 bridgehead atoms. The summed E-state index contributed by atoms with van der Waals surface area (Å²) in [6.45, 7) is 10.9. The van der Waals surface area contributed by atoms with Gasteiger partial charge in [0.2, 0.25) is 0 Å². The maximum absolute atomic E-state index is 4.64. The third-order valence-electron chi connectivity index (χ3n) is 4.43. The molecular weight excluding hydrogens is 248 g/mol. The zero-order valence-electron chi connectivity index (χ0n) is 13.6. The number of anilines is 1. The smallest absolute Gasteiger partial charge is 0.131 e. The highest BCUT2D eigenvalue weighted by Gasteiger charge is 2.24. The summed E-state index contributed by atoms with van der Waals surface area (Å²) in [6, 6.07) is 0. The molecule has 0 radical (unpaired) electrons. The number of nitrogens with one attached hydrogen (secondary N) is 1. The summed E-state index contributed by atoms with van der Waals surface area (Å²) in [5.41, 5.74) is 2.54. The zero-order chi connectivity index (χ0) is 14.5. The second kappa shape index (κ2) is 7.11. The second-order valence-electron chi connectivity index (χ2n) is 6.02. The largest absolute Gasteiger partial charge is 0.357 e. The molecule has 20 heavy (non-hydrogen) atoms. The van der Waals surface area contributed by atoms with Gasteiger partial charge in [0.15, 0.2) is 0 Å². The minimum atomic E-state index is 0.890. The van der Waals surface area contributed by atoms with E-state index in [1.165, 1.54) is 43.6 Å². The van der Waals surface area contributed by atoms with Crippen LogP contribution >= 0.6 is 0 Å². The van der Waals surface area contributed by atoms with Crippen molar-refractivity contribution in [3.05, 3.63) is 11.3 Å². The molecule has 1 N–H and O–H groups in total. The number of rotatable bonds is 8. The first-order valence-corrected chi connectivity index (χ1v) is 8.15. The van der Waals surface area contributed by atoms with Gasteiger partial charge in [0.05, 0.1) is 5.69 Å². The van der Waals surface area contributed by atoms with Crippen molar-refractivity contribution >= 4 is 5.82 Å². The maximum atomic E-state index is 4.64. The summed E-state index contributed by atoms with van der Waals surface area (Å²) >= 11 is 0. The molecule has 0 unspecified atom stereocenters. The van der Waals surface area contributed by atoms with Crippen LogP contribution in [-0.4, -0.2) is 29.4 Å². The Hall–Kier alpha value is -1.03. The molecule has 1 aliphatic rings. The van der Waals surface area contributed by atoms with Crippen molar-refractivity contribution in [2.24, 2.45) is 13.0 Å². The Morgan fingerprint density at radius 3 is 2.65 bits per heavy atom. The van der Waals surface area contributed by atoms with Crippen LogP contribution in [0.15, 0.2) is 0 Å². The fourth-order valence-electron chi connectivity index (χ4n) is 3.03. The minimum absolute atomic E-state index is 0.890. The van der Waals surface area contributed by atoms with Crippen molar-refractivity contribution < 1.29 is 0 Å². The Bertz CT molecular complexity index is 420. The summed E-state index contributed by atoms with van der Waals surface area (Å²) < 4.78 is 2.07. The van der Waals surface area contributed by atoms with E-state index in [4.69, 9.17) is 0 Å². The van der Waals surface area contributed by atoms with E-state index in [-0.39, 0.29) is 0 Å². The normalized spacial score (nSPS) is 15.4. The first-order chi connectivity index (χ1) is 9.67. The van der Waals surface area contributed by atoms with E-state index in [2.05, 4.69) is 47.8 Å². The number of nitrogens with zero attached hydrogens (tertiary/aromatic N) is 3. The monoisotopic (exact) mass is 278 g/mol. The summed E-state index contributed by atoms with van der Waals surface area (Å²) in [5, 5.41) is 8.17. The van der Waals surface area contributed by atoms with Gasteiger partial charge in [0, 0.05) is 32.2 Å². The minimum Gasteiger partial charge on any atom is -0.357 e. The third-order valence-corrected chi connectivity index (χ3v) is 4.43. The average molecular weight is 278 g/mol. The molecule has 1 heterocycles. The number of aryl methyl sites for hydroxylation is 2. The molecule has 4 heteroatoms. The van der Waals surface area contributed by atoms with Crippen molar-refractivity contribution in [2.75, 3.05) is 24.5 Å². The molecule has 0 atom stereocenters. The summed E-state index contributed by atoms with van der Waals surface area (Å²) in [5.74, 6) is 2.21. The van der Waals surface area contributed by atoms with Crippen molar-refractivity contribution in [3.8, 4) is 0 Å². The van der Waals surface area contributed by atoms with Gasteiger partial charge in [-0.1, -0.05) is 13.3 Å². The van der Waals surface area contributed by atoms with Gasteiger partial charge in [-0.3, -0.25) is 4.68 Å².